The van der Waals surface area contributed by atoms with Crippen LogP contribution in [0.3, 0.4) is 0 Å². The molecule has 0 unspecified atom stereocenters. The quantitative estimate of drug-likeness (QED) is 0.383. The predicted octanol–water partition coefficient (Wildman–Crippen LogP) is 4.29. The van der Waals surface area contributed by atoms with Gasteiger partial charge in [0, 0.05) is 18.5 Å². The number of imidazole rings is 1. The van der Waals surface area contributed by atoms with Crippen LogP contribution in [0.25, 0.3) is 33.5 Å². The smallest absolute Gasteiger partial charge is 0.250 e. The third kappa shape index (κ3) is 3.83. The Morgan fingerprint density at radius 2 is 1.79 bits per heavy atom. The number of nitrogens with two attached hydrogens (primary N) is 1. The minimum absolute atomic E-state index is 0.442. The summed E-state index contributed by atoms with van der Waals surface area (Å²) in [5.74, 6) is 1.08. The summed E-state index contributed by atoms with van der Waals surface area (Å²) in [7, 11) is 0. The molecular weight excluding hydrogens is 426 g/mol. The summed E-state index contributed by atoms with van der Waals surface area (Å²) in [4.78, 5) is 17.1. The number of carbonyl (C=O) groups excluding carboxylic acids is 1. The third-order valence-electron chi connectivity index (χ3n) is 6.03. The lowest BCUT2D eigenvalue weighted by Gasteiger charge is -2.12. The molecule has 8 nitrogen and oxygen atoms in total. The van der Waals surface area contributed by atoms with E-state index in [4.69, 9.17) is 10.7 Å². The third-order valence-corrected chi connectivity index (χ3v) is 6.03. The topological polar surface area (TPSA) is 115 Å². The van der Waals surface area contributed by atoms with Gasteiger partial charge in [-0.25, -0.2) is 4.98 Å². The zero-order valence-electron chi connectivity index (χ0n) is 19.1. The Kier molecular flexibility index (Phi) is 5.63. The van der Waals surface area contributed by atoms with Crippen LogP contribution in [0.4, 0.5) is 0 Å². The molecule has 5 aromatic rings. The van der Waals surface area contributed by atoms with Crippen LogP contribution >= 0.6 is 0 Å². The lowest BCUT2D eigenvalue weighted by Crippen LogP contribution is -2.14. The maximum Gasteiger partial charge on any atom is 0.250 e. The first kappa shape index (κ1) is 21.5. The Morgan fingerprint density at radius 3 is 2.47 bits per heavy atom. The van der Waals surface area contributed by atoms with Crippen LogP contribution in [0, 0.1) is 6.92 Å². The Balaban J connectivity index is 1.55. The molecule has 0 fully saturated rings. The van der Waals surface area contributed by atoms with Crippen LogP contribution < -0.4 is 5.73 Å². The number of carbonyl (C=O) groups is 1. The van der Waals surface area contributed by atoms with Gasteiger partial charge in [0.1, 0.15) is 5.82 Å². The van der Waals surface area contributed by atoms with Crippen molar-refractivity contribution in [3.8, 4) is 22.5 Å². The van der Waals surface area contributed by atoms with Crippen LogP contribution in [0.2, 0.25) is 0 Å². The summed E-state index contributed by atoms with van der Waals surface area (Å²) >= 11 is 0. The van der Waals surface area contributed by atoms with Crippen LogP contribution in [0.15, 0.2) is 60.7 Å². The Labute approximate surface area is 196 Å². The van der Waals surface area contributed by atoms with E-state index in [1.54, 1.807) is 6.07 Å². The van der Waals surface area contributed by atoms with Gasteiger partial charge in [0.15, 0.2) is 0 Å². The van der Waals surface area contributed by atoms with Gasteiger partial charge in [0.25, 0.3) is 5.91 Å². The van der Waals surface area contributed by atoms with E-state index < -0.39 is 5.91 Å². The molecule has 0 spiro atoms. The summed E-state index contributed by atoms with van der Waals surface area (Å²) in [6.45, 7) is 4.74. The lowest BCUT2D eigenvalue weighted by atomic mass is 9.98. The molecule has 0 atom stereocenters. The number of nitrogens with zero attached hydrogens (tertiary/aromatic N) is 5. The highest BCUT2D eigenvalue weighted by atomic mass is 16.1. The molecule has 0 saturated carbocycles. The molecule has 170 valence electrons. The van der Waals surface area contributed by atoms with Crippen molar-refractivity contribution < 1.29 is 4.79 Å². The SMILES string of the molecule is CCCc1nc2c(C)ccc(C(N)=O)c2n1Cc1ccc(-c2ccccc2-c2nn[nH]n2)cc1. The second kappa shape index (κ2) is 8.90. The fourth-order valence-electron chi connectivity index (χ4n) is 4.37. The highest BCUT2D eigenvalue weighted by Crippen LogP contribution is 2.30. The van der Waals surface area contributed by atoms with Crippen molar-refractivity contribution in [1.29, 1.82) is 0 Å². The second-order valence-electron chi connectivity index (χ2n) is 8.33. The van der Waals surface area contributed by atoms with Gasteiger partial charge in [-0.15, -0.1) is 10.2 Å². The van der Waals surface area contributed by atoms with Crippen molar-refractivity contribution in [1.82, 2.24) is 30.2 Å². The number of amides is 1. The number of aromatic nitrogens is 6. The van der Waals surface area contributed by atoms with Crippen molar-refractivity contribution in [2.45, 2.75) is 33.2 Å². The van der Waals surface area contributed by atoms with E-state index in [1.807, 2.05) is 37.3 Å². The number of nitrogens with one attached hydrogen (secondary N) is 1. The van der Waals surface area contributed by atoms with Crippen molar-refractivity contribution in [2.24, 2.45) is 5.73 Å². The van der Waals surface area contributed by atoms with Gasteiger partial charge in [-0.2, -0.15) is 5.21 Å². The first-order valence-corrected chi connectivity index (χ1v) is 11.3. The van der Waals surface area contributed by atoms with E-state index in [2.05, 4.69) is 56.4 Å². The minimum atomic E-state index is -0.442. The largest absolute Gasteiger partial charge is 0.366 e. The zero-order chi connectivity index (χ0) is 23.7. The molecule has 0 aliphatic rings. The van der Waals surface area contributed by atoms with E-state index in [9.17, 15) is 4.79 Å². The van der Waals surface area contributed by atoms with Crippen molar-refractivity contribution in [3.63, 3.8) is 0 Å². The maximum absolute atomic E-state index is 12.2. The average Bonchev–Trinajstić information content (AvgIpc) is 3.50. The predicted molar refractivity (Wildman–Crippen MR) is 131 cm³/mol. The maximum atomic E-state index is 12.2. The Bertz CT molecular complexity index is 1470. The second-order valence-corrected chi connectivity index (χ2v) is 8.33. The first-order chi connectivity index (χ1) is 16.6. The number of aryl methyl sites for hydroxylation is 2. The Morgan fingerprint density at radius 1 is 1.03 bits per heavy atom. The fourth-order valence-corrected chi connectivity index (χ4v) is 4.37. The molecule has 34 heavy (non-hydrogen) atoms. The van der Waals surface area contributed by atoms with Gasteiger partial charge in [0.2, 0.25) is 5.82 Å². The molecule has 2 aromatic heterocycles. The van der Waals surface area contributed by atoms with E-state index >= 15 is 0 Å². The molecule has 0 aliphatic heterocycles. The molecule has 3 aromatic carbocycles. The van der Waals surface area contributed by atoms with Crippen molar-refractivity contribution in [2.75, 3.05) is 0 Å². The van der Waals surface area contributed by atoms with Gasteiger partial charge in [-0.05, 0) is 46.9 Å². The number of aromatic amines is 1. The van der Waals surface area contributed by atoms with E-state index in [0.717, 1.165) is 57.5 Å². The Hall–Kier alpha value is -4.33. The summed E-state index contributed by atoms with van der Waals surface area (Å²) in [5, 5.41) is 14.5. The number of H-pyrrole nitrogens is 1. The molecule has 0 aliphatic carbocycles. The van der Waals surface area contributed by atoms with Crippen LogP contribution in [-0.4, -0.2) is 36.1 Å². The number of hydrogen-bond donors (Lipinski definition) is 2. The summed E-state index contributed by atoms with van der Waals surface area (Å²) in [6, 6.07) is 20.1. The number of hydrogen-bond acceptors (Lipinski definition) is 5. The van der Waals surface area contributed by atoms with E-state index in [-0.39, 0.29) is 0 Å². The summed E-state index contributed by atoms with van der Waals surface area (Å²) in [5.41, 5.74) is 13.0. The highest BCUT2D eigenvalue weighted by molar-refractivity contribution is 6.05. The van der Waals surface area contributed by atoms with Crippen molar-refractivity contribution >= 4 is 16.9 Å². The van der Waals surface area contributed by atoms with Gasteiger partial charge in [-0.1, -0.05) is 61.5 Å². The number of fused-ring (bicyclic) bond motifs is 1. The monoisotopic (exact) mass is 451 g/mol. The van der Waals surface area contributed by atoms with Gasteiger partial charge in [-0.3, -0.25) is 4.79 Å². The fraction of sp³-hybridized carbons (Fsp3) is 0.192. The van der Waals surface area contributed by atoms with E-state index in [0.29, 0.717) is 17.9 Å². The first-order valence-electron chi connectivity index (χ1n) is 11.3. The molecule has 3 N–H and O–H groups in total. The van der Waals surface area contributed by atoms with E-state index in [1.165, 1.54) is 0 Å². The normalized spacial score (nSPS) is 11.2. The molecule has 0 radical (unpaired) electrons. The number of primary amides is 1. The average molecular weight is 452 g/mol. The molecule has 8 heteroatoms. The van der Waals surface area contributed by atoms with Crippen LogP contribution in [0.1, 0.15) is 40.7 Å². The summed E-state index contributed by atoms with van der Waals surface area (Å²) in [6.07, 6.45) is 1.78. The minimum Gasteiger partial charge on any atom is -0.366 e. The number of tetrazole rings is 1. The van der Waals surface area contributed by atoms with Crippen LogP contribution in [0.5, 0.6) is 0 Å². The molecule has 5 rings (SSSR count). The molecule has 2 heterocycles. The zero-order valence-corrected chi connectivity index (χ0v) is 19.1. The van der Waals surface area contributed by atoms with Crippen molar-refractivity contribution in [3.05, 3.63) is 83.2 Å². The number of benzene rings is 3. The molecule has 0 saturated heterocycles. The standard InChI is InChI=1S/C26H25N7O/c1-3-6-22-28-23-16(2)9-14-21(25(27)34)24(23)33(22)15-17-10-12-18(13-11-17)19-7-4-5-8-20(19)26-29-31-32-30-26/h4-5,7-14H,3,6,15H2,1-2H3,(H2,27,34)(H,29,30,31,32). The van der Waals surface area contributed by atoms with Gasteiger partial charge < -0.3 is 10.3 Å². The van der Waals surface area contributed by atoms with Gasteiger partial charge >= 0.3 is 0 Å². The lowest BCUT2D eigenvalue weighted by molar-refractivity contribution is 0.100. The van der Waals surface area contributed by atoms with Gasteiger partial charge in [0.05, 0.1) is 16.6 Å². The summed E-state index contributed by atoms with van der Waals surface area (Å²) < 4.78 is 2.13. The molecule has 1 amide bonds. The van der Waals surface area contributed by atoms with Crippen LogP contribution in [-0.2, 0) is 13.0 Å². The highest BCUT2D eigenvalue weighted by Gasteiger charge is 2.18. The molecule has 0 bridgehead atoms. The molecular formula is C26H25N7O. The number of rotatable bonds is 7.